The summed E-state index contributed by atoms with van der Waals surface area (Å²) in [6.07, 6.45) is 2.05. The normalized spacial score (nSPS) is 12.0. The van der Waals surface area contributed by atoms with Crippen molar-refractivity contribution in [1.29, 1.82) is 5.26 Å². The Morgan fingerprint density at radius 2 is 2.00 bits per heavy atom. The zero-order chi connectivity index (χ0) is 23.3. The number of nitrogen functional groups attached to an aromatic ring is 1. The molecule has 32 heavy (non-hydrogen) atoms. The van der Waals surface area contributed by atoms with Crippen LogP contribution in [0.5, 0.6) is 0 Å². The zero-order valence-corrected chi connectivity index (χ0v) is 18.5. The van der Waals surface area contributed by atoms with Crippen molar-refractivity contribution < 1.29 is 4.79 Å². The summed E-state index contributed by atoms with van der Waals surface area (Å²) >= 11 is 0. The molecule has 1 aromatic carbocycles. The number of carbonyl (C=O) groups excluding carboxylic acids is 1. The highest BCUT2D eigenvalue weighted by atomic mass is 16.3. The van der Waals surface area contributed by atoms with Crippen LogP contribution in [0.4, 0.5) is 5.82 Å². The Labute approximate surface area is 186 Å². The Hall–Kier alpha value is -3.80. The summed E-state index contributed by atoms with van der Waals surface area (Å²) in [5, 5.41) is 16.2. The quantitative estimate of drug-likeness (QED) is 0.392. The van der Waals surface area contributed by atoms with Gasteiger partial charge in [0.2, 0.25) is 5.91 Å². The van der Waals surface area contributed by atoms with Crippen LogP contribution in [-0.4, -0.2) is 33.0 Å². The molecule has 3 rings (SSSR count). The van der Waals surface area contributed by atoms with Crippen LogP contribution >= 0.6 is 0 Å². The zero-order valence-electron chi connectivity index (χ0n) is 18.5. The van der Waals surface area contributed by atoms with Gasteiger partial charge in [-0.15, -0.1) is 0 Å². The summed E-state index contributed by atoms with van der Waals surface area (Å²) in [6.45, 7) is 6.30. The van der Waals surface area contributed by atoms with Gasteiger partial charge in [-0.1, -0.05) is 35.0 Å². The molecule has 0 saturated carbocycles. The molecule has 3 N–H and O–H groups in total. The number of carbonyl (C=O) groups is 1. The van der Waals surface area contributed by atoms with Crippen LogP contribution < -0.4 is 11.1 Å². The topological polar surface area (TPSA) is 139 Å². The summed E-state index contributed by atoms with van der Waals surface area (Å²) in [4.78, 5) is 32.0. The number of nitrogens with zero attached hydrogens (tertiary/aromatic N) is 5. The molecule has 0 saturated heterocycles. The standard InChI is InChI=1S/C23H27N7O2/c1-14(2)29-23(31)17(12-24)11-18-19(16-7-5-15(3)6-8-16)20-21(25)26-13-27-22(20)30(18)10-4-9-28-32/h5-8,13-14,17H,4,9-11H2,1-3H3,(H,29,31)(H2,25,26,27). The number of aromatic nitrogens is 3. The first-order valence-corrected chi connectivity index (χ1v) is 10.5. The second-order valence-electron chi connectivity index (χ2n) is 8.05. The van der Waals surface area contributed by atoms with E-state index in [1.165, 1.54) is 6.33 Å². The van der Waals surface area contributed by atoms with Crippen LogP contribution in [0.2, 0.25) is 0 Å². The molecular formula is C23H27N7O2. The molecule has 1 amide bonds. The van der Waals surface area contributed by atoms with E-state index in [4.69, 9.17) is 5.73 Å². The highest BCUT2D eigenvalue weighted by Crippen LogP contribution is 2.38. The molecule has 9 heteroatoms. The van der Waals surface area contributed by atoms with E-state index < -0.39 is 5.92 Å². The van der Waals surface area contributed by atoms with Crippen molar-refractivity contribution in [1.82, 2.24) is 19.9 Å². The van der Waals surface area contributed by atoms with E-state index in [2.05, 4.69) is 26.5 Å². The highest BCUT2D eigenvalue weighted by Gasteiger charge is 2.27. The van der Waals surface area contributed by atoms with Crippen LogP contribution in [0, 0.1) is 29.1 Å². The Bertz CT molecular complexity index is 1160. The van der Waals surface area contributed by atoms with Gasteiger partial charge in [-0.3, -0.25) is 4.79 Å². The van der Waals surface area contributed by atoms with Crippen molar-refractivity contribution in [3.8, 4) is 17.2 Å². The van der Waals surface area contributed by atoms with Gasteiger partial charge < -0.3 is 15.6 Å². The third kappa shape index (κ3) is 4.75. The van der Waals surface area contributed by atoms with Gasteiger partial charge in [-0.2, -0.15) is 10.2 Å². The van der Waals surface area contributed by atoms with E-state index in [1.54, 1.807) is 0 Å². The van der Waals surface area contributed by atoms with Gasteiger partial charge in [0.05, 0.1) is 18.0 Å². The van der Waals surface area contributed by atoms with E-state index in [0.29, 0.717) is 29.8 Å². The van der Waals surface area contributed by atoms with Crippen molar-refractivity contribution in [2.24, 2.45) is 11.1 Å². The number of aryl methyl sites for hydroxylation is 2. The molecule has 0 aliphatic rings. The number of nitroso groups, excluding NO2 is 1. The van der Waals surface area contributed by atoms with Crippen molar-refractivity contribution in [3.05, 3.63) is 46.8 Å². The molecule has 0 spiro atoms. The number of fused-ring (bicyclic) bond motifs is 1. The Balaban J connectivity index is 2.23. The lowest BCUT2D eigenvalue weighted by atomic mass is 9.95. The summed E-state index contributed by atoms with van der Waals surface area (Å²) in [5.41, 5.74) is 10.4. The van der Waals surface area contributed by atoms with E-state index in [1.807, 2.05) is 49.6 Å². The second kappa shape index (κ2) is 10.0. The average Bonchev–Trinajstić information content (AvgIpc) is 3.06. The second-order valence-corrected chi connectivity index (χ2v) is 8.05. The minimum atomic E-state index is -0.900. The number of anilines is 1. The first kappa shape index (κ1) is 22.9. The Morgan fingerprint density at radius 1 is 1.28 bits per heavy atom. The smallest absolute Gasteiger partial charge is 0.237 e. The fourth-order valence-corrected chi connectivity index (χ4v) is 3.79. The van der Waals surface area contributed by atoms with Gasteiger partial charge in [0.25, 0.3) is 0 Å². The maximum Gasteiger partial charge on any atom is 0.237 e. The lowest BCUT2D eigenvalue weighted by Gasteiger charge is -2.16. The predicted octanol–water partition coefficient (Wildman–Crippen LogP) is 3.35. The molecule has 0 fully saturated rings. The number of nitrogens with two attached hydrogens (primary N) is 1. The highest BCUT2D eigenvalue weighted by molar-refractivity contribution is 6.02. The molecule has 1 atom stereocenters. The van der Waals surface area contributed by atoms with Gasteiger partial charge in [-0.25, -0.2) is 9.97 Å². The molecule has 0 bridgehead atoms. The fraction of sp³-hybridized carbons (Fsp3) is 0.391. The van der Waals surface area contributed by atoms with Crippen molar-refractivity contribution >= 4 is 22.8 Å². The molecule has 2 heterocycles. The summed E-state index contributed by atoms with van der Waals surface area (Å²) in [6, 6.07) is 10.00. The van der Waals surface area contributed by atoms with E-state index >= 15 is 0 Å². The SMILES string of the molecule is Cc1ccc(-c2c(CC(C#N)C(=O)NC(C)C)n(CCCN=O)c3ncnc(N)c23)cc1. The molecule has 0 aliphatic heterocycles. The van der Waals surface area contributed by atoms with Gasteiger partial charge >= 0.3 is 0 Å². The van der Waals surface area contributed by atoms with Crippen molar-refractivity contribution in [2.75, 3.05) is 12.3 Å². The Morgan fingerprint density at radius 3 is 2.62 bits per heavy atom. The van der Waals surface area contributed by atoms with Crippen LogP contribution in [0.3, 0.4) is 0 Å². The molecule has 0 radical (unpaired) electrons. The van der Waals surface area contributed by atoms with Gasteiger partial charge in [0.15, 0.2) is 0 Å². The molecule has 0 aliphatic carbocycles. The van der Waals surface area contributed by atoms with E-state index in [0.717, 1.165) is 22.4 Å². The monoisotopic (exact) mass is 433 g/mol. The lowest BCUT2D eigenvalue weighted by Crippen LogP contribution is -2.36. The number of nitriles is 1. The molecular weight excluding hydrogens is 406 g/mol. The molecule has 3 aromatic rings. The molecule has 2 aromatic heterocycles. The molecule has 9 nitrogen and oxygen atoms in total. The van der Waals surface area contributed by atoms with E-state index in [9.17, 15) is 15.0 Å². The van der Waals surface area contributed by atoms with Crippen LogP contribution in [0.25, 0.3) is 22.2 Å². The predicted molar refractivity (Wildman–Crippen MR) is 123 cm³/mol. The molecule has 166 valence electrons. The number of rotatable bonds is 9. The third-order valence-electron chi connectivity index (χ3n) is 5.25. The first-order valence-electron chi connectivity index (χ1n) is 10.5. The van der Waals surface area contributed by atoms with Crippen LogP contribution in [-0.2, 0) is 17.8 Å². The number of amides is 1. The number of hydrogen-bond donors (Lipinski definition) is 2. The molecule has 1 unspecified atom stereocenters. The maximum atomic E-state index is 12.7. The maximum absolute atomic E-state index is 12.7. The number of benzene rings is 1. The van der Waals surface area contributed by atoms with Gasteiger partial charge in [0.1, 0.15) is 23.7 Å². The Kier molecular flexibility index (Phi) is 7.15. The minimum absolute atomic E-state index is 0.0825. The van der Waals surface area contributed by atoms with Gasteiger partial charge in [0, 0.05) is 30.3 Å². The summed E-state index contributed by atoms with van der Waals surface area (Å²) in [7, 11) is 0. The summed E-state index contributed by atoms with van der Waals surface area (Å²) in [5.74, 6) is -0.912. The lowest BCUT2D eigenvalue weighted by molar-refractivity contribution is -0.123. The number of nitrogens with one attached hydrogen (secondary N) is 1. The van der Waals surface area contributed by atoms with Crippen LogP contribution in [0.15, 0.2) is 35.8 Å². The van der Waals surface area contributed by atoms with E-state index in [-0.39, 0.29) is 24.9 Å². The van der Waals surface area contributed by atoms with Crippen molar-refractivity contribution in [3.63, 3.8) is 0 Å². The third-order valence-corrected chi connectivity index (χ3v) is 5.25. The fourth-order valence-electron chi connectivity index (χ4n) is 3.79. The van der Waals surface area contributed by atoms with Crippen molar-refractivity contribution in [2.45, 2.75) is 46.2 Å². The largest absolute Gasteiger partial charge is 0.383 e. The summed E-state index contributed by atoms with van der Waals surface area (Å²) < 4.78 is 1.93. The van der Waals surface area contributed by atoms with Gasteiger partial charge in [-0.05, 0) is 32.8 Å². The first-order chi connectivity index (χ1) is 15.4. The van der Waals surface area contributed by atoms with Crippen LogP contribution in [0.1, 0.15) is 31.5 Å². The minimum Gasteiger partial charge on any atom is -0.383 e. The average molecular weight is 434 g/mol. The number of hydrogen-bond acceptors (Lipinski definition) is 7.